The average molecular weight is 565 g/mol. The van der Waals surface area contributed by atoms with Crippen molar-refractivity contribution in [2.24, 2.45) is 4.99 Å². The Morgan fingerprint density at radius 2 is 2.13 bits per heavy atom. The van der Waals surface area contributed by atoms with Gasteiger partial charge in [0.05, 0.1) is 18.1 Å². The van der Waals surface area contributed by atoms with Gasteiger partial charge in [-0.25, -0.2) is 12.8 Å². The van der Waals surface area contributed by atoms with Crippen molar-refractivity contribution in [1.82, 2.24) is 20.9 Å². The smallest absolute Gasteiger partial charge is 0.222 e. The van der Waals surface area contributed by atoms with Crippen LogP contribution < -0.4 is 16.0 Å². The molecule has 0 bridgehead atoms. The van der Waals surface area contributed by atoms with Crippen LogP contribution in [0.4, 0.5) is 4.39 Å². The fraction of sp³-hybridized carbons (Fsp3) is 0.500. The lowest BCUT2D eigenvalue weighted by Gasteiger charge is -2.12. The molecule has 1 aliphatic heterocycles. The number of H-pyrrole nitrogens is 1. The van der Waals surface area contributed by atoms with Crippen LogP contribution in [0.5, 0.6) is 0 Å². The molecule has 1 aliphatic rings. The Morgan fingerprint density at radius 3 is 2.84 bits per heavy atom. The van der Waals surface area contributed by atoms with Crippen LogP contribution in [-0.2, 0) is 21.1 Å². The van der Waals surface area contributed by atoms with Crippen molar-refractivity contribution in [2.75, 3.05) is 31.1 Å². The van der Waals surface area contributed by atoms with Gasteiger partial charge in [-0.15, -0.1) is 24.0 Å². The Balaban J connectivity index is 0.00000341. The molecule has 11 heteroatoms. The minimum Gasteiger partial charge on any atom is -0.361 e. The quantitative estimate of drug-likeness (QED) is 0.221. The largest absolute Gasteiger partial charge is 0.361 e. The highest BCUT2D eigenvalue weighted by Crippen LogP contribution is 2.19. The zero-order valence-electron chi connectivity index (χ0n) is 17.4. The third kappa shape index (κ3) is 7.63. The fourth-order valence-corrected chi connectivity index (χ4v) is 5.17. The predicted octanol–water partition coefficient (Wildman–Crippen LogP) is 1.72. The number of sulfone groups is 1. The summed E-state index contributed by atoms with van der Waals surface area (Å²) < 4.78 is 36.4. The van der Waals surface area contributed by atoms with E-state index in [0.717, 1.165) is 16.5 Å². The number of halogens is 2. The molecule has 2 aromatic rings. The average Bonchev–Trinajstić information content (AvgIpc) is 3.24. The normalized spacial score (nSPS) is 17.9. The molecule has 1 unspecified atom stereocenters. The molecule has 1 atom stereocenters. The van der Waals surface area contributed by atoms with Crippen molar-refractivity contribution >= 4 is 56.6 Å². The molecule has 1 aromatic heterocycles. The first kappa shape index (κ1) is 25.4. The summed E-state index contributed by atoms with van der Waals surface area (Å²) in [6.07, 6.45) is 3.22. The van der Waals surface area contributed by atoms with Gasteiger partial charge in [-0.05, 0) is 43.5 Å². The minimum absolute atomic E-state index is 0. The Labute approximate surface area is 198 Å². The molecule has 1 saturated heterocycles. The van der Waals surface area contributed by atoms with Crippen molar-refractivity contribution < 1.29 is 17.6 Å². The van der Waals surface area contributed by atoms with E-state index in [0.29, 0.717) is 38.4 Å². The number of guanidine groups is 1. The molecule has 8 nitrogen and oxygen atoms in total. The number of amides is 1. The molecule has 4 N–H and O–H groups in total. The van der Waals surface area contributed by atoms with Crippen LogP contribution in [0, 0.1) is 5.82 Å². The second-order valence-electron chi connectivity index (χ2n) is 7.36. The predicted molar refractivity (Wildman–Crippen MR) is 131 cm³/mol. The van der Waals surface area contributed by atoms with Gasteiger partial charge in [0.15, 0.2) is 15.8 Å². The van der Waals surface area contributed by atoms with E-state index in [9.17, 15) is 17.6 Å². The van der Waals surface area contributed by atoms with Gasteiger partial charge in [-0.2, -0.15) is 0 Å². The van der Waals surface area contributed by atoms with E-state index in [-0.39, 0.29) is 59.7 Å². The Hall–Kier alpha value is -1.89. The van der Waals surface area contributed by atoms with Gasteiger partial charge in [-0.3, -0.25) is 9.79 Å². The van der Waals surface area contributed by atoms with Gasteiger partial charge in [0.1, 0.15) is 5.82 Å². The zero-order chi connectivity index (χ0) is 21.6. The van der Waals surface area contributed by atoms with Gasteiger partial charge in [-0.1, -0.05) is 0 Å². The first-order chi connectivity index (χ1) is 14.4. The third-order valence-corrected chi connectivity index (χ3v) is 6.73. The van der Waals surface area contributed by atoms with Gasteiger partial charge < -0.3 is 20.9 Å². The number of rotatable bonds is 8. The number of hydrogen-bond acceptors (Lipinski definition) is 4. The number of carbonyl (C=O) groups excluding carboxylic acids is 1. The van der Waals surface area contributed by atoms with Crippen molar-refractivity contribution in [2.45, 2.75) is 32.2 Å². The zero-order valence-corrected chi connectivity index (χ0v) is 20.6. The summed E-state index contributed by atoms with van der Waals surface area (Å²) in [4.78, 5) is 19.6. The van der Waals surface area contributed by atoms with Crippen LogP contribution in [0.15, 0.2) is 29.4 Å². The summed E-state index contributed by atoms with van der Waals surface area (Å²) in [6, 6.07) is 4.38. The van der Waals surface area contributed by atoms with Crippen LogP contribution in [0.2, 0.25) is 0 Å². The summed E-state index contributed by atoms with van der Waals surface area (Å²) in [6.45, 7) is 3.52. The molecule has 172 valence electrons. The number of aromatic amines is 1. The number of hydrogen-bond donors (Lipinski definition) is 4. The number of nitrogens with one attached hydrogen (secondary N) is 4. The molecule has 0 radical (unpaired) electrons. The van der Waals surface area contributed by atoms with Crippen LogP contribution in [-0.4, -0.2) is 62.5 Å². The second-order valence-corrected chi connectivity index (χ2v) is 9.59. The number of aromatic nitrogens is 1. The summed E-state index contributed by atoms with van der Waals surface area (Å²) in [5.41, 5.74) is 1.91. The van der Waals surface area contributed by atoms with Gasteiger partial charge in [0.2, 0.25) is 5.91 Å². The highest BCUT2D eigenvalue weighted by atomic mass is 127. The van der Waals surface area contributed by atoms with Gasteiger partial charge in [0, 0.05) is 42.7 Å². The maximum atomic E-state index is 13.5. The maximum Gasteiger partial charge on any atom is 0.222 e. The molecule has 3 rings (SSSR count). The third-order valence-electron chi connectivity index (χ3n) is 4.97. The fourth-order valence-electron chi connectivity index (χ4n) is 3.49. The molecule has 0 aliphatic carbocycles. The Kier molecular flexibility index (Phi) is 9.54. The van der Waals surface area contributed by atoms with Crippen molar-refractivity contribution in [1.29, 1.82) is 0 Å². The van der Waals surface area contributed by atoms with Crippen molar-refractivity contribution in [3.63, 3.8) is 0 Å². The summed E-state index contributed by atoms with van der Waals surface area (Å²) in [5.74, 6) is 0.286. The van der Waals surface area contributed by atoms with Gasteiger partial charge in [0.25, 0.3) is 0 Å². The molecular formula is C20H29FIN5O3S. The van der Waals surface area contributed by atoms with Gasteiger partial charge >= 0.3 is 0 Å². The molecule has 2 heterocycles. The SMILES string of the molecule is CCNC(=NCCC(=O)NC1CCS(=O)(=O)C1)NCCc1c[nH]c2ccc(F)cc12.I. The number of carbonyl (C=O) groups is 1. The highest BCUT2D eigenvalue weighted by Gasteiger charge is 2.28. The Morgan fingerprint density at radius 1 is 1.32 bits per heavy atom. The van der Waals surface area contributed by atoms with E-state index in [4.69, 9.17) is 0 Å². The molecular weight excluding hydrogens is 536 g/mol. The van der Waals surface area contributed by atoms with E-state index in [2.05, 4.69) is 25.9 Å². The lowest BCUT2D eigenvalue weighted by Crippen LogP contribution is -2.39. The van der Waals surface area contributed by atoms with Crippen molar-refractivity contribution in [3.05, 3.63) is 35.8 Å². The molecule has 31 heavy (non-hydrogen) atoms. The maximum absolute atomic E-state index is 13.5. The van der Waals surface area contributed by atoms with Crippen LogP contribution in [0.25, 0.3) is 10.9 Å². The molecule has 0 spiro atoms. The van der Waals surface area contributed by atoms with E-state index >= 15 is 0 Å². The molecule has 1 amide bonds. The van der Waals surface area contributed by atoms with Crippen LogP contribution >= 0.6 is 24.0 Å². The summed E-state index contributed by atoms with van der Waals surface area (Å²) >= 11 is 0. The van der Waals surface area contributed by atoms with E-state index in [1.54, 1.807) is 6.07 Å². The number of benzene rings is 1. The number of fused-ring (bicyclic) bond motifs is 1. The number of nitrogens with zero attached hydrogens (tertiary/aromatic N) is 1. The van der Waals surface area contributed by atoms with E-state index in [1.165, 1.54) is 12.1 Å². The van der Waals surface area contributed by atoms with Crippen LogP contribution in [0.1, 0.15) is 25.3 Å². The lowest BCUT2D eigenvalue weighted by atomic mass is 10.1. The standard InChI is InChI=1S/C20H28FN5O3S.HI/c1-2-22-20(24-9-6-19(27)26-16-7-10-30(28,29)13-16)23-8-5-14-12-25-18-4-3-15(21)11-17(14)18;/h3-4,11-12,16,25H,2,5-10,13H2,1H3,(H,26,27)(H2,22,23,24);1H. The molecule has 1 fully saturated rings. The topological polar surface area (TPSA) is 115 Å². The Bertz CT molecular complexity index is 1020. The summed E-state index contributed by atoms with van der Waals surface area (Å²) in [5, 5.41) is 9.97. The molecule has 1 aromatic carbocycles. The van der Waals surface area contributed by atoms with Crippen LogP contribution in [0.3, 0.4) is 0 Å². The first-order valence-electron chi connectivity index (χ1n) is 10.1. The summed E-state index contributed by atoms with van der Waals surface area (Å²) in [7, 11) is -3.01. The first-order valence-corrected chi connectivity index (χ1v) is 12.0. The van der Waals surface area contributed by atoms with Crippen molar-refractivity contribution in [3.8, 4) is 0 Å². The monoisotopic (exact) mass is 565 g/mol. The number of aliphatic imine (C=N–C) groups is 1. The molecule has 0 saturated carbocycles. The second kappa shape index (κ2) is 11.7. The van der Waals surface area contributed by atoms with E-state index in [1.807, 2.05) is 13.1 Å². The van der Waals surface area contributed by atoms with E-state index < -0.39 is 9.84 Å². The highest BCUT2D eigenvalue weighted by molar-refractivity contribution is 14.0. The lowest BCUT2D eigenvalue weighted by molar-refractivity contribution is -0.121. The minimum atomic E-state index is -3.01.